The molecule has 0 bridgehead atoms. The minimum atomic E-state index is 0.278. The fourth-order valence-electron chi connectivity index (χ4n) is 3.85. The van der Waals surface area contributed by atoms with Crippen LogP contribution in [0.4, 0.5) is 0 Å². The van der Waals surface area contributed by atoms with Gasteiger partial charge in [-0.05, 0) is 37.4 Å². The van der Waals surface area contributed by atoms with Gasteiger partial charge in [0.05, 0.1) is 6.10 Å². The summed E-state index contributed by atoms with van der Waals surface area (Å²) in [5, 5.41) is 3.75. The van der Waals surface area contributed by atoms with Crippen molar-refractivity contribution in [3.8, 4) is 0 Å². The van der Waals surface area contributed by atoms with Gasteiger partial charge in [0, 0.05) is 36.4 Å². The van der Waals surface area contributed by atoms with Crippen LogP contribution in [0.1, 0.15) is 32.3 Å². The molecular formula is C16H24N2O. The van der Waals surface area contributed by atoms with E-state index in [4.69, 9.17) is 4.74 Å². The van der Waals surface area contributed by atoms with Crippen LogP contribution in [0.25, 0.3) is 0 Å². The molecule has 1 aliphatic heterocycles. The summed E-state index contributed by atoms with van der Waals surface area (Å²) in [5.41, 5.74) is 1.59. The molecule has 1 N–H and O–H groups in total. The van der Waals surface area contributed by atoms with Gasteiger partial charge in [-0.3, -0.25) is 4.98 Å². The van der Waals surface area contributed by atoms with Crippen LogP contribution in [0.3, 0.4) is 0 Å². The van der Waals surface area contributed by atoms with Gasteiger partial charge in [0.15, 0.2) is 0 Å². The van der Waals surface area contributed by atoms with Crippen molar-refractivity contribution < 1.29 is 4.74 Å². The van der Waals surface area contributed by atoms with E-state index >= 15 is 0 Å². The highest BCUT2D eigenvalue weighted by Gasteiger charge is 2.57. The Morgan fingerprint density at radius 2 is 2.37 bits per heavy atom. The summed E-state index contributed by atoms with van der Waals surface area (Å²) < 4.78 is 5.94. The maximum Gasteiger partial charge on any atom is 0.0684 e. The van der Waals surface area contributed by atoms with Gasteiger partial charge in [-0.1, -0.05) is 19.9 Å². The van der Waals surface area contributed by atoms with Crippen molar-refractivity contribution in [2.24, 2.45) is 11.3 Å². The van der Waals surface area contributed by atoms with Crippen LogP contribution in [0, 0.1) is 11.3 Å². The van der Waals surface area contributed by atoms with Crippen molar-refractivity contribution in [1.82, 2.24) is 10.3 Å². The lowest BCUT2D eigenvalue weighted by atomic mass is 9.55. The summed E-state index contributed by atoms with van der Waals surface area (Å²) >= 11 is 0. The van der Waals surface area contributed by atoms with Gasteiger partial charge in [-0.25, -0.2) is 0 Å². The molecule has 1 aromatic rings. The minimum absolute atomic E-state index is 0.278. The Kier molecular flexibility index (Phi) is 3.59. The fraction of sp³-hybridized carbons (Fsp3) is 0.688. The molecule has 2 fully saturated rings. The molecule has 104 valence electrons. The first-order chi connectivity index (χ1) is 9.19. The van der Waals surface area contributed by atoms with E-state index < -0.39 is 0 Å². The monoisotopic (exact) mass is 260 g/mol. The summed E-state index contributed by atoms with van der Waals surface area (Å²) in [6.07, 6.45) is 7.85. The Balaban J connectivity index is 1.52. The third-order valence-electron chi connectivity index (χ3n) is 4.83. The van der Waals surface area contributed by atoms with E-state index in [1.165, 1.54) is 18.4 Å². The van der Waals surface area contributed by atoms with Crippen LogP contribution in [-0.4, -0.2) is 30.3 Å². The zero-order chi connectivity index (χ0) is 13.3. The van der Waals surface area contributed by atoms with E-state index in [1.807, 2.05) is 18.5 Å². The van der Waals surface area contributed by atoms with Gasteiger partial charge in [-0.15, -0.1) is 0 Å². The molecule has 1 aliphatic carbocycles. The molecule has 3 nitrogen and oxygen atoms in total. The Bertz CT molecular complexity index is 418. The molecule has 3 unspecified atom stereocenters. The Hall–Kier alpha value is -0.930. The van der Waals surface area contributed by atoms with Crippen molar-refractivity contribution in [3.05, 3.63) is 30.1 Å². The van der Waals surface area contributed by atoms with Crippen LogP contribution < -0.4 is 5.32 Å². The van der Waals surface area contributed by atoms with Crippen LogP contribution in [0.2, 0.25) is 0 Å². The van der Waals surface area contributed by atoms with E-state index in [-0.39, 0.29) is 5.41 Å². The lowest BCUT2D eigenvalue weighted by molar-refractivity contribution is -0.192. The largest absolute Gasteiger partial charge is 0.377 e. The Morgan fingerprint density at radius 3 is 3.16 bits per heavy atom. The highest BCUT2D eigenvalue weighted by Crippen LogP contribution is 2.51. The Labute approximate surface area is 115 Å². The number of nitrogens with one attached hydrogen (secondary N) is 1. The number of rotatable bonds is 4. The van der Waals surface area contributed by atoms with Gasteiger partial charge >= 0.3 is 0 Å². The molecule has 3 atom stereocenters. The topological polar surface area (TPSA) is 34.2 Å². The molecule has 2 heterocycles. The lowest BCUT2D eigenvalue weighted by Crippen LogP contribution is -2.69. The Morgan fingerprint density at radius 1 is 1.47 bits per heavy atom. The first-order valence-corrected chi connectivity index (χ1v) is 7.43. The maximum atomic E-state index is 5.94. The number of fused-ring (bicyclic) bond motifs is 1. The first kappa shape index (κ1) is 13.1. The zero-order valence-electron chi connectivity index (χ0n) is 11.9. The van der Waals surface area contributed by atoms with E-state index in [2.05, 4.69) is 30.2 Å². The SMILES string of the molecule is CC1(C)C(NCCc2cccnc2)C2CCCOC21. The second-order valence-electron chi connectivity index (χ2n) is 6.46. The molecule has 3 rings (SSSR count). The molecule has 1 saturated heterocycles. The molecule has 0 amide bonds. The van der Waals surface area contributed by atoms with E-state index in [9.17, 15) is 0 Å². The van der Waals surface area contributed by atoms with Crippen LogP contribution >= 0.6 is 0 Å². The number of ether oxygens (including phenoxy) is 1. The van der Waals surface area contributed by atoms with Gasteiger partial charge in [0.2, 0.25) is 0 Å². The average molecular weight is 260 g/mol. The molecule has 0 aromatic carbocycles. The average Bonchev–Trinajstić information content (AvgIpc) is 2.44. The number of pyridine rings is 1. The van der Waals surface area contributed by atoms with E-state index in [0.29, 0.717) is 12.1 Å². The molecule has 2 aliphatic rings. The third kappa shape index (κ3) is 2.41. The number of hydrogen-bond donors (Lipinski definition) is 1. The number of aromatic nitrogens is 1. The third-order valence-corrected chi connectivity index (χ3v) is 4.83. The van der Waals surface area contributed by atoms with Crippen molar-refractivity contribution in [2.45, 2.75) is 45.3 Å². The van der Waals surface area contributed by atoms with Gasteiger partial charge in [0.25, 0.3) is 0 Å². The summed E-state index contributed by atoms with van der Waals surface area (Å²) in [6, 6.07) is 4.76. The standard InChI is InChI=1S/C16H24N2O/c1-16(2)14(13-6-4-10-19-15(13)16)18-9-7-12-5-3-8-17-11-12/h3,5,8,11,13-15,18H,4,6-7,9-10H2,1-2H3. The fourth-order valence-corrected chi connectivity index (χ4v) is 3.85. The van der Waals surface area contributed by atoms with Gasteiger partial charge in [-0.2, -0.15) is 0 Å². The van der Waals surface area contributed by atoms with Gasteiger partial charge in [0.1, 0.15) is 0 Å². The van der Waals surface area contributed by atoms with E-state index in [0.717, 1.165) is 25.5 Å². The molecular weight excluding hydrogens is 236 g/mol. The quantitative estimate of drug-likeness (QED) is 0.903. The normalized spacial score (nSPS) is 32.4. The second kappa shape index (κ2) is 5.22. The smallest absolute Gasteiger partial charge is 0.0684 e. The lowest BCUT2D eigenvalue weighted by Gasteiger charge is -2.60. The first-order valence-electron chi connectivity index (χ1n) is 7.43. The summed E-state index contributed by atoms with van der Waals surface area (Å²) in [6.45, 7) is 6.65. The predicted molar refractivity (Wildman–Crippen MR) is 76.0 cm³/mol. The molecule has 1 aromatic heterocycles. The molecule has 19 heavy (non-hydrogen) atoms. The number of nitrogens with zero attached hydrogens (tertiary/aromatic N) is 1. The van der Waals surface area contributed by atoms with Crippen LogP contribution in [0.5, 0.6) is 0 Å². The highest BCUT2D eigenvalue weighted by molar-refractivity contribution is 5.12. The molecule has 0 spiro atoms. The zero-order valence-corrected chi connectivity index (χ0v) is 11.9. The van der Waals surface area contributed by atoms with Crippen molar-refractivity contribution >= 4 is 0 Å². The highest BCUT2D eigenvalue weighted by atomic mass is 16.5. The van der Waals surface area contributed by atoms with Crippen LogP contribution in [-0.2, 0) is 11.2 Å². The minimum Gasteiger partial charge on any atom is -0.377 e. The second-order valence-corrected chi connectivity index (χ2v) is 6.46. The summed E-state index contributed by atoms with van der Waals surface area (Å²) in [4.78, 5) is 4.16. The molecule has 3 heteroatoms. The van der Waals surface area contributed by atoms with E-state index in [1.54, 1.807) is 0 Å². The van der Waals surface area contributed by atoms with Crippen molar-refractivity contribution in [2.75, 3.05) is 13.2 Å². The molecule has 0 radical (unpaired) electrons. The predicted octanol–water partition coefficient (Wildman–Crippen LogP) is 2.42. The molecule has 1 saturated carbocycles. The summed E-state index contributed by atoms with van der Waals surface area (Å²) in [7, 11) is 0. The van der Waals surface area contributed by atoms with Gasteiger partial charge < -0.3 is 10.1 Å². The van der Waals surface area contributed by atoms with Crippen molar-refractivity contribution in [3.63, 3.8) is 0 Å². The van der Waals surface area contributed by atoms with Crippen LogP contribution in [0.15, 0.2) is 24.5 Å². The van der Waals surface area contributed by atoms with Crippen molar-refractivity contribution in [1.29, 1.82) is 0 Å². The number of hydrogen-bond acceptors (Lipinski definition) is 3. The maximum absolute atomic E-state index is 5.94. The summed E-state index contributed by atoms with van der Waals surface area (Å²) in [5.74, 6) is 0.720.